The van der Waals surface area contributed by atoms with Crippen molar-refractivity contribution in [3.05, 3.63) is 53.6 Å². The quantitative estimate of drug-likeness (QED) is 0.855. The molecule has 0 heterocycles. The molecule has 0 aliphatic heterocycles. The molecule has 1 atom stereocenters. The van der Waals surface area contributed by atoms with Gasteiger partial charge in [-0.2, -0.15) is 0 Å². The molecule has 0 aromatic heterocycles. The van der Waals surface area contributed by atoms with Gasteiger partial charge in [0.25, 0.3) is 0 Å². The van der Waals surface area contributed by atoms with Crippen molar-refractivity contribution in [2.45, 2.75) is 19.6 Å². The summed E-state index contributed by atoms with van der Waals surface area (Å²) in [5.74, 6) is 1.42. The lowest BCUT2D eigenvalue weighted by atomic mass is 10.1. The van der Waals surface area contributed by atoms with Gasteiger partial charge in [0.05, 0.1) is 20.3 Å². The number of hydrogen-bond donors (Lipinski definition) is 2. The van der Waals surface area contributed by atoms with Gasteiger partial charge in [-0.3, -0.25) is 0 Å². The lowest BCUT2D eigenvalue weighted by Gasteiger charge is -2.15. The van der Waals surface area contributed by atoms with E-state index in [1.54, 1.807) is 21.1 Å². The Morgan fingerprint density at radius 2 is 1.76 bits per heavy atom. The highest BCUT2D eigenvalue weighted by Gasteiger charge is 2.08. The van der Waals surface area contributed by atoms with Crippen LogP contribution in [0.5, 0.6) is 11.5 Å². The minimum absolute atomic E-state index is 0.501. The Kier molecular flexibility index (Phi) is 5.06. The van der Waals surface area contributed by atoms with Crippen LogP contribution < -0.4 is 14.8 Å². The number of methoxy groups -OCH3 is 2. The number of aliphatic hydroxyl groups excluding tert-OH is 1. The molecule has 21 heavy (non-hydrogen) atoms. The second-order valence-electron chi connectivity index (χ2n) is 4.81. The molecule has 2 aromatic rings. The number of para-hydroxylation sites is 1. The highest BCUT2D eigenvalue weighted by molar-refractivity contribution is 5.53. The van der Waals surface area contributed by atoms with Gasteiger partial charge >= 0.3 is 0 Å². The largest absolute Gasteiger partial charge is 0.493 e. The fourth-order valence-corrected chi connectivity index (χ4v) is 2.21. The number of rotatable bonds is 6. The van der Waals surface area contributed by atoms with E-state index in [2.05, 4.69) is 5.32 Å². The van der Waals surface area contributed by atoms with Gasteiger partial charge in [-0.15, -0.1) is 0 Å². The molecule has 0 spiro atoms. The molecule has 0 bridgehead atoms. The summed E-state index contributed by atoms with van der Waals surface area (Å²) in [7, 11) is 3.24. The highest BCUT2D eigenvalue weighted by atomic mass is 16.5. The molecule has 0 saturated carbocycles. The molecule has 0 saturated heterocycles. The van der Waals surface area contributed by atoms with Crippen LogP contribution in [0.1, 0.15) is 24.2 Å². The second kappa shape index (κ2) is 6.99. The van der Waals surface area contributed by atoms with Crippen LogP contribution in [-0.4, -0.2) is 19.3 Å². The predicted molar refractivity (Wildman–Crippen MR) is 83.9 cm³/mol. The van der Waals surface area contributed by atoms with Crippen molar-refractivity contribution < 1.29 is 14.6 Å². The Labute approximate surface area is 125 Å². The number of ether oxygens (including phenoxy) is 2. The van der Waals surface area contributed by atoms with Crippen molar-refractivity contribution in [3.8, 4) is 11.5 Å². The Morgan fingerprint density at radius 3 is 2.43 bits per heavy atom. The van der Waals surface area contributed by atoms with E-state index < -0.39 is 6.10 Å². The first kappa shape index (κ1) is 15.2. The van der Waals surface area contributed by atoms with Gasteiger partial charge in [0.1, 0.15) is 0 Å². The maximum absolute atomic E-state index is 9.78. The monoisotopic (exact) mass is 287 g/mol. The summed E-state index contributed by atoms with van der Waals surface area (Å²) in [5.41, 5.74) is 2.90. The van der Waals surface area contributed by atoms with Crippen molar-refractivity contribution in [1.29, 1.82) is 0 Å². The van der Waals surface area contributed by atoms with Crippen LogP contribution in [0, 0.1) is 0 Å². The number of anilines is 1. The normalized spacial score (nSPS) is 11.8. The summed E-state index contributed by atoms with van der Waals surface area (Å²) in [6.07, 6.45) is -0.501. The smallest absolute Gasteiger partial charge is 0.161 e. The fourth-order valence-electron chi connectivity index (χ4n) is 2.21. The molecule has 4 heteroatoms. The van der Waals surface area contributed by atoms with Gasteiger partial charge in [-0.1, -0.05) is 24.3 Å². The average molecular weight is 287 g/mol. The number of aliphatic hydroxyl groups is 1. The number of nitrogens with one attached hydrogen (secondary N) is 1. The summed E-state index contributed by atoms with van der Waals surface area (Å²) in [6, 6.07) is 13.6. The molecule has 0 aliphatic carbocycles. The van der Waals surface area contributed by atoms with Gasteiger partial charge < -0.3 is 19.9 Å². The minimum atomic E-state index is -0.501. The summed E-state index contributed by atoms with van der Waals surface area (Å²) < 4.78 is 10.5. The van der Waals surface area contributed by atoms with E-state index in [1.165, 1.54) is 0 Å². The van der Waals surface area contributed by atoms with Crippen molar-refractivity contribution in [2.24, 2.45) is 0 Å². The van der Waals surface area contributed by atoms with E-state index in [0.29, 0.717) is 18.0 Å². The lowest BCUT2D eigenvalue weighted by molar-refractivity contribution is 0.200. The fraction of sp³-hybridized carbons (Fsp3) is 0.294. The van der Waals surface area contributed by atoms with Crippen LogP contribution in [0.4, 0.5) is 5.69 Å². The summed E-state index contributed by atoms with van der Waals surface area (Å²) >= 11 is 0. The Bertz CT molecular complexity index is 596. The van der Waals surface area contributed by atoms with E-state index in [4.69, 9.17) is 9.47 Å². The number of benzene rings is 2. The van der Waals surface area contributed by atoms with Gasteiger partial charge in [0, 0.05) is 17.8 Å². The van der Waals surface area contributed by atoms with E-state index in [0.717, 1.165) is 16.8 Å². The topological polar surface area (TPSA) is 50.7 Å². The molecular formula is C17H21NO3. The van der Waals surface area contributed by atoms with Gasteiger partial charge in [-0.25, -0.2) is 0 Å². The second-order valence-corrected chi connectivity index (χ2v) is 4.81. The summed E-state index contributed by atoms with van der Waals surface area (Å²) in [4.78, 5) is 0. The highest BCUT2D eigenvalue weighted by Crippen LogP contribution is 2.28. The Balaban J connectivity index is 2.13. The predicted octanol–water partition coefficient (Wildman–Crippen LogP) is 3.37. The molecule has 0 fully saturated rings. The van der Waals surface area contributed by atoms with Crippen LogP contribution in [0.3, 0.4) is 0 Å². The summed E-state index contributed by atoms with van der Waals surface area (Å²) in [5, 5.41) is 13.1. The van der Waals surface area contributed by atoms with Gasteiger partial charge in [0.15, 0.2) is 11.5 Å². The van der Waals surface area contributed by atoms with Crippen molar-refractivity contribution in [3.63, 3.8) is 0 Å². The van der Waals surface area contributed by atoms with Crippen LogP contribution in [0.25, 0.3) is 0 Å². The van der Waals surface area contributed by atoms with Crippen LogP contribution in [0.2, 0.25) is 0 Å². The molecule has 0 radical (unpaired) electrons. The molecule has 4 nitrogen and oxygen atoms in total. The molecule has 2 N–H and O–H groups in total. The first-order chi connectivity index (χ1) is 10.2. The van der Waals surface area contributed by atoms with Crippen molar-refractivity contribution >= 4 is 5.69 Å². The first-order valence-electron chi connectivity index (χ1n) is 6.87. The molecule has 112 valence electrons. The van der Waals surface area contributed by atoms with E-state index in [1.807, 2.05) is 42.5 Å². The minimum Gasteiger partial charge on any atom is -0.493 e. The molecule has 2 aromatic carbocycles. The zero-order valence-electron chi connectivity index (χ0n) is 12.6. The van der Waals surface area contributed by atoms with Crippen LogP contribution >= 0.6 is 0 Å². The third-order valence-electron chi connectivity index (χ3n) is 3.34. The average Bonchev–Trinajstić information content (AvgIpc) is 2.52. The third kappa shape index (κ3) is 3.67. The third-order valence-corrected chi connectivity index (χ3v) is 3.34. The molecular weight excluding hydrogens is 266 g/mol. The molecule has 1 unspecified atom stereocenters. The Morgan fingerprint density at radius 1 is 1.05 bits per heavy atom. The lowest BCUT2D eigenvalue weighted by Crippen LogP contribution is -2.04. The zero-order valence-corrected chi connectivity index (χ0v) is 12.6. The molecule has 0 amide bonds. The zero-order chi connectivity index (χ0) is 15.2. The van der Waals surface area contributed by atoms with Gasteiger partial charge in [-0.05, 0) is 30.7 Å². The maximum atomic E-state index is 9.78. The van der Waals surface area contributed by atoms with Crippen LogP contribution in [-0.2, 0) is 6.54 Å². The van der Waals surface area contributed by atoms with E-state index >= 15 is 0 Å². The van der Waals surface area contributed by atoms with E-state index in [-0.39, 0.29) is 0 Å². The Hall–Kier alpha value is -2.20. The molecule has 0 aliphatic rings. The van der Waals surface area contributed by atoms with E-state index in [9.17, 15) is 5.11 Å². The standard InChI is InChI=1S/C17H21NO3/c1-12(19)14-6-4-5-7-15(14)18-11-13-8-9-16(20-2)17(10-13)21-3/h4-10,12,18-19H,11H2,1-3H3. The first-order valence-corrected chi connectivity index (χ1v) is 6.87. The maximum Gasteiger partial charge on any atom is 0.161 e. The van der Waals surface area contributed by atoms with Crippen molar-refractivity contribution in [1.82, 2.24) is 0 Å². The summed E-state index contributed by atoms with van der Waals surface area (Å²) in [6.45, 7) is 2.40. The van der Waals surface area contributed by atoms with Crippen LogP contribution in [0.15, 0.2) is 42.5 Å². The number of hydrogen-bond acceptors (Lipinski definition) is 4. The molecule has 2 rings (SSSR count). The SMILES string of the molecule is COc1ccc(CNc2ccccc2C(C)O)cc1OC. The van der Waals surface area contributed by atoms with Crippen molar-refractivity contribution in [2.75, 3.05) is 19.5 Å². The van der Waals surface area contributed by atoms with Gasteiger partial charge in [0.2, 0.25) is 0 Å².